The predicted octanol–water partition coefficient (Wildman–Crippen LogP) is 3.58. The second kappa shape index (κ2) is 3.97. The van der Waals surface area contributed by atoms with Crippen molar-refractivity contribution in [1.82, 2.24) is 4.98 Å². The highest BCUT2D eigenvalue weighted by molar-refractivity contribution is 5.78. The summed E-state index contributed by atoms with van der Waals surface area (Å²) in [6, 6.07) is 14.4. The number of hydrogen-bond acceptors (Lipinski definition) is 0. The Morgan fingerprint density at radius 1 is 1.07 bits per heavy atom. The molecule has 0 fully saturated rings. The van der Waals surface area contributed by atoms with Crippen LogP contribution in [0.5, 0.6) is 0 Å². The molecule has 0 aliphatic heterocycles. The topological polar surface area (TPSA) is 15.8 Å². The van der Waals surface area contributed by atoms with E-state index in [0.29, 0.717) is 0 Å². The molecule has 0 saturated carbocycles. The zero-order valence-corrected chi connectivity index (χ0v) is 8.20. The number of allylic oxidation sites excluding steroid dienone is 1. The van der Waals surface area contributed by atoms with Gasteiger partial charge >= 0.3 is 0 Å². The van der Waals surface area contributed by atoms with Crippen LogP contribution in [0.4, 0.5) is 0 Å². The molecule has 70 valence electrons. The molecule has 0 bridgehead atoms. The van der Waals surface area contributed by atoms with Crippen LogP contribution in [0.3, 0.4) is 0 Å². The van der Waals surface area contributed by atoms with E-state index in [1.807, 2.05) is 30.5 Å². The van der Waals surface area contributed by atoms with E-state index < -0.39 is 0 Å². The van der Waals surface area contributed by atoms with Gasteiger partial charge in [0, 0.05) is 11.9 Å². The molecule has 1 heterocycles. The molecule has 1 aromatic carbocycles. The van der Waals surface area contributed by atoms with Crippen molar-refractivity contribution >= 4 is 11.6 Å². The highest BCUT2D eigenvalue weighted by Gasteiger charge is 1.94. The van der Waals surface area contributed by atoms with Gasteiger partial charge in [-0.15, -0.1) is 0 Å². The van der Waals surface area contributed by atoms with Crippen molar-refractivity contribution in [3.05, 3.63) is 59.9 Å². The Labute approximate surface area is 84.1 Å². The van der Waals surface area contributed by atoms with Crippen LogP contribution in [0.1, 0.15) is 18.2 Å². The third-order valence-corrected chi connectivity index (χ3v) is 2.21. The summed E-state index contributed by atoms with van der Waals surface area (Å²) in [5, 5.41) is 0. The number of aromatic amines is 1. The lowest BCUT2D eigenvalue weighted by Crippen LogP contribution is -1.78. The Balaban J connectivity index is 2.28. The normalized spacial score (nSPS) is 11.6. The van der Waals surface area contributed by atoms with Crippen LogP contribution < -0.4 is 0 Å². The lowest BCUT2D eigenvalue weighted by molar-refractivity contribution is 1.34. The molecule has 1 N–H and O–H groups in total. The van der Waals surface area contributed by atoms with Crippen molar-refractivity contribution in [2.45, 2.75) is 6.92 Å². The zero-order chi connectivity index (χ0) is 9.80. The summed E-state index contributed by atoms with van der Waals surface area (Å²) in [5.74, 6) is 0. The lowest BCUT2D eigenvalue weighted by atomic mass is 10.1. The Kier molecular flexibility index (Phi) is 2.50. The van der Waals surface area contributed by atoms with Gasteiger partial charge in [-0.3, -0.25) is 0 Å². The first-order chi connectivity index (χ1) is 6.86. The standard InChI is InChI=1S/C13H13N/c1-11(13-8-5-9-14-13)10-12-6-3-2-4-7-12/h2-10,14H,1H3. The van der Waals surface area contributed by atoms with Crippen LogP contribution in [-0.4, -0.2) is 4.98 Å². The largest absolute Gasteiger partial charge is 0.361 e. The molecule has 1 heteroatoms. The fourth-order valence-electron chi connectivity index (χ4n) is 1.45. The average Bonchev–Trinajstić information content (AvgIpc) is 2.72. The first-order valence-electron chi connectivity index (χ1n) is 4.73. The van der Waals surface area contributed by atoms with E-state index in [2.05, 4.69) is 36.2 Å². The molecule has 0 amide bonds. The number of aromatic nitrogens is 1. The van der Waals surface area contributed by atoms with Gasteiger partial charge < -0.3 is 4.98 Å². The van der Waals surface area contributed by atoms with E-state index >= 15 is 0 Å². The Hall–Kier alpha value is -1.76. The third-order valence-electron chi connectivity index (χ3n) is 2.21. The molecular formula is C13H13N. The van der Waals surface area contributed by atoms with Gasteiger partial charge in [-0.05, 0) is 36.3 Å². The van der Waals surface area contributed by atoms with Crippen LogP contribution in [0, 0.1) is 0 Å². The quantitative estimate of drug-likeness (QED) is 0.732. The smallest absolute Gasteiger partial charge is 0.0410 e. The van der Waals surface area contributed by atoms with Gasteiger partial charge in [0.1, 0.15) is 0 Å². The lowest BCUT2D eigenvalue weighted by Gasteiger charge is -1.97. The van der Waals surface area contributed by atoms with E-state index in [0.717, 1.165) is 0 Å². The highest BCUT2D eigenvalue weighted by atomic mass is 14.7. The van der Waals surface area contributed by atoms with Crippen molar-refractivity contribution in [2.75, 3.05) is 0 Å². The van der Waals surface area contributed by atoms with Gasteiger partial charge in [0.25, 0.3) is 0 Å². The molecule has 2 rings (SSSR count). The highest BCUT2D eigenvalue weighted by Crippen LogP contribution is 2.15. The first-order valence-corrected chi connectivity index (χ1v) is 4.73. The summed E-state index contributed by atoms with van der Waals surface area (Å²) in [6.45, 7) is 2.11. The minimum Gasteiger partial charge on any atom is -0.361 e. The van der Waals surface area contributed by atoms with E-state index in [9.17, 15) is 0 Å². The molecular weight excluding hydrogens is 170 g/mol. The van der Waals surface area contributed by atoms with Crippen molar-refractivity contribution in [3.63, 3.8) is 0 Å². The first kappa shape index (κ1) is 8.82. The number of hydrogen-bond donors (Lipinski definition) is 1. The summed E-state index contributed by atoms with van der Waals surface area (Å²) in [4.78, 5) is 3.19. The summed E-state index contributed by atoms with van der Waals surface area (Å²) in [7, 11) is 0. The maximum atomic E-state index is 3.19. The van der Waals surface area contributed by atoms with Crippen LogP contribution in [-0.2, 0) is 0 Å². The Morgan fingerprint density at radius 2 is 1.86 bits per heavy atom. The van der Waals surface area contributed by atoms with Gasteiger partial charge in [0.15, 0.2) is 0 Å². The SMILES string of the molecule is CC(=Cc1ccccc1)c1ccc[nH]1. The molecule has 0 aliphatic rings. The van der Waals surface area contributed by atoms with E-state index in [-0.39, 0.29) is 0 Å². The fourth-order valence-corrected chi connectivity index (χ4v) is 1.45. The monoisotopic (exact) mass is 183 g/mol. The second-order valence-electron chi connectivity index (χ2n) is 3.32. The molecule has 0 atom stereocenters. The van der Waals surface area contributed by atoms with Crippen molar-refractivity contribution in [3.8, 4) is 0 Å². The summed E-state index contributed by atoms with van der Waals surface area (Å²) < 4.78 is 0. The molecule has 1 nitrogen and oxygen atoms in total. The van der Waals surface area contributed by atoms with Crippen LogP contribution in [0.15, 0.2) is 48.7 Å². The van der Waals surface area contributed by atoms with Gasteiger partial charge in [-0.1, -0.05) is 30.3 Å². The van der Waals surface area contributed by atoms with E-state index in [4.69, 9.17) is 0 Å². The molecule has 0 radical (unpaired) electrons. The van der Waals surface area contributed by atoms with Gasteiger partial charge in [-0.25, -0.2) is 0 Å². The summed E-state index contributed by atoms with van der Waals surface area (Å²) in [6.07, 6.45) is 4.11. The average molecular weight is 183 g/mol. The summed E-state index contributed by atoms with van der Waals surface area (Å²) >= 11 is 0. The van der Waals surface area contributed by atoms with Crippen molar-refractivity contribution < 1.29 is 0 Å². The zero-order valence-electron chi connectivity index (χ0n) is 8.20. The Morgan fingerprint density at radius 3 is 2.50 bits per heavy atom. The van der Waals surface area contributed by atoms with Crippen LogP contribution in [0.2, 0.25) is 0 Å². The van der Waals surface area contributed by atoms with Crippen molar-refractivity contribution in [1.29, 1.82) is 0 Å². The van der Waals surface area contributed by atoms with Crippen LogP contribution in [0.25, 0.3) is 11.6 Å². The van der Waals surface area contributed by atoms with E-state index in [1.54, 1.807) is 0 Å². The van der Waals surface area contributed by atoms with Gasteiger partial charge in [0.2, 0.25) is 0 Å². The predicted molar refractivity (Wildman–Crippen MR) is 60.8 cm³/mol. The molecule has 0 spiro atoms. The number of benzene rings is 1. The van der Waals surface area contributed by atoms with Gasteiger partial charge in [0.05, 0.1) is 0 Å². The number of H-pyrrole nitrogens is 1. The number of nitrogens with one attached hydrogen (secondary N) is 1. The van der Waals surface area contributed by atoms with Crippen molar-refractivity contribution in [2.24, 2.45) is 0 Å². The molecule has 14 heavy (non-hydrogen) atoms. The molecule has 2 aromatic rings. The fraction of sp³-hybridized carbons (Fsp3) is 0.0769. The van der Waals surface area contributed by atoms with Gasteiger partial charge in [-0.2, -0.15) is 0 Å². The third kappa shape index (κ3) is 1.94. The maximum Gasteiger partial charge on any atom is 0.0410 e. The van der Waals surface area contributed by atoms with Crippen LogP contribution >= 0.6 is 0 Å². The molecule has 0 unspecified atom stereocenters. The molecule has 0 aliphatic carbocycles. The molecule has 0 saturated heterocycles. The van der Waals surface area contributed by atoms with E-state index in [1.165, 1.54) is 16.8 Å². The summed E-state index contributed by atoms with van der Waals surface area (Å²) in [5.41, 5.74) is 3.66. The Bertz CT molecular complexity index is 410. The second-order valence-corrected chi connectivity index (χ2v) is 3.32. The minimum absolute atomic E-state index is 1.17. The molecule has 1 aromatic heterocycles. The number of rotatable bonds is 2. The maximum absolute atomic E-state index is 3.19. The minimum atomic E-state index is 1.17.